The van der Waals surface area contributed by atoms with Crippen LogP contribution in [0.4, 0.5) is 0 Å². The molecule has 0 bridgehead atoms. The number of hydrogen-bond donors (Lipinski definition) is 0. The predicted octanol–water partition coefficient (Wildman–Crippen LogP) is 3.55. The number of pyridine rings is 1. The summed E-state index contributed by atoms with van der Waals surface area (Å²) < 4.78 is 5.26. The summed E-state index contributed by atoms with van der Waals surface area (Å²) in [6.07, 6.45) is 4.41. The fourth-order valence-corrected chi connectivity index (χ4v) is 2.68. The van der Waals surface area contributed by atoms with E-state index in [0.29, 0.717) is 25.6 Å². The van der Waals surface area contributed by atoms with Gasteiger partial charge < -0.3 is 9.64 Å². The summed E-state index contributed by atoms with van der Waals surface area (Å²) in [4.78, 5) is 18.4. The second kappa shape index (κ2) is 10.3. The summed E-state index contributed by atoms with van der Waals surface area (Å²) in [5.74, 6) is 0.673. The van der Waals surface area contributed by atoms with E-state index in [-0.39, 0.29) is 5.91 Å². The number of ether oxygens (including phenoxy) is 1. The van der Waals surface area contributed by atoms with Crippen molar-refractivity contribution in [2.75, 3.05) is 26.3 Å². The van der Waals surface area contributed by atoms with Gasteiger partial charge >= 0.3 is 0 Å². The van der Waals surface area contributed by atoms with E-state index in [0.717, 1.165) is 31.6 Å². The molecule has 2 rings (SSSR count). The molecule has 0 saturated carbocycles. The minimum Gasteiger partial charge on any atom is -0.378 e. The van der Waals surface area contributed by atoms with Gasteiger partial charge in [0.15, 0.2) is 0 Å². The first-order valence-electron chi connectivity index (χ1n) is 8.45. The van der Waals surface area contributed by atoms with Crippen molar-refractivity contribution in [1.29, 1.82) is 0 Å². The number of aromatic nitrogens is 1. The molecule has 0 aliphatic carbocycles. The van der Waals surface area contributed by atoms with Crippen LogP contribution in [-0.4, -0.2) is 42.1 Å². The Morgan fingerprint density at radius 3 is 2.68 bits per heavy atom. The lowest BCUT2D eigenvalue weighted by molar-refractivity contribution is -0.135. The molecular weight excluding hydrogens is 276 g/mol. The first-order chi connectivity index (χ1) is 10.7. The Hall–Kier alpha value is -1.42. The van der Waals surface area contributed by atoms with E-state index in [2.05, 4.69) is 24.9 Å². The highest BCUT2D eigenvalue weighted by atomic mass is 16.5. The Balaban J connectivity index is 0.00000116. The van der Waals surface area contributed by atoms with E-state index in [9.17, 15) is 4.79 Å². The molecule has 1 unspecified atom stereocenters. The molecule has 1 saturated heterocycles. The van der Waals surface area contributed by atoms with Gasteiger partial charge in [-0.1, -0.05) is 26.8 Å². The van der Waals surface area contributed by atoms with Crippen molar-refractivity contribution in [3.63, 3.8) is 0 Å². The standard InChI is InChI=1S/C16H24N2O2.C2H6/c1-13(16-14(2)6-4-8-17-16)5-3-7-15(19)18-9-11-20-12-10-18;1-2/h4,6,8,13H,3,5,7,9-12H2,1-2H3;1-2H3. The summed E-state index contributed by atoms with van der Waals surface area (Å²) in [7, 11) is 0. The third-order valence-corrected chi connectivity index (χ3v) is 3.91. The van der Waals surface area contributed by atoms with E-state index in [1.165, 1.54) is 5.56 Å². The van der Waals surface area contributed by atoms with Crippen LogP contribution >= 0.6 is 0 Å². The summed E-state index contributed by atoms with van der Waals surface area (Å²) in [5.41, 5.74) is 2.39. The quantitative estimate of drug-likeness (QED) is 0.835. The maximum absolute atomic E-state index is 12.0. The van der Waals surface area contributed by atoms with E-state index >= 15 is 0 Å². The molecule has 0 radical (unpaired) electrons. The number of nitrogens with zero attached hydrogens (tertiary/aromatic N) is 2. The fraction of sp³-hybridized carbons (Fsp3) is 0.667. The van der Waals surface area contributed by atoms with Gasteiger partial charge in [0.1, 0.15) is 0 Å². The van der Waals surface area contributed by atoms with Crippen molar-refractivity contribution in [3.05, 3.63) is 29.6 Å². The lowest BCUT2D eigenvalue weighted by Crippen LogP contribution is -2.40. The molecule has 1 aromatic rings. The van der Waals surface area contributed by atoms with E-state index in [4.69, 9.17) is 4.74 Å². The van der Waals surface area contributed by atoms with Crippen LogP contribution in [0.3, 0.4) is 0 Å². The third kappa shape index (κ3) is 5.76. The average molecular weight is 306 g/mol. The minimum atomic E-state index is 0.262. The van der Waals surface area contributed by atoms with Crippen LogP contribution in [0.5, 0.6) is 0 Å². The number of amides is 1. The monoisotopic (exact) mass is 306 g/mol. The second-order valence-corrected chi connectivity index (χ2v) is 5.49. The zero-order valence-corrected chi connectivity index (χ0v) is 14.5. The van der Waals surface area contributed by atoms with Crippen molar-refractivity contribution < 1.29 is 9.53 Å². The maximum Gasteiger partial charge on any atom is 0.222 e. The fourth-order valence-electron chi connectivity index (χ4n) is 2.68. The highest BCUT2D eigenvalue weighted by molar-refractivity contribution is 5.76. The number of carbonyl (C=O) groups excluding carboxylic acids is 1. The molecule has 1 amide bonds. The largest absolute Gasteiger partial charge is 0.378 e. The van der Waals surface area contributed by atoms with Crippen LogP contribution in [0.25, 0.3) is 0 Å². The van der Waals surface area contributed by atoms with Crippen LogP contribution in [0.15, 0.2) is 18.3 Å². The molecule has 0 spiro atoms. The van der Waals surface area contributed by atoms with Crippen molar-refractivity contribution in [3.8, 4) is 0 Å². The van der Waals surface area contributed by atoms with E-state index < -0.39 is 0 Å². The number of rotatable bonds is 5. The second-order valence-electron chi connectivity index (χ2n) is 5.49. The predicted molar refractivity (Wildman–Crippen MR) is 90.0 cm³/mol. The topological polar surface area (TPSA) is 42.4 Å². The van der Waals surface area contributed by atoms with E-state index in [1.54, 1.807) is 0 Å². The molecule has 22 heavy (non-hydrogen) atoms. The Labute approximate surface area is 134 Å². The van der Waals surface area contributed by atoms with Crippen LogP contribution in [0, 0.1) is 6.92 Å². The Morgan fingerprint density at radius 1 is 1.36 bits per heavy atom. The van der Waals surface area contributed by atoms with Gasteiger partial charge in [-0.05, 0) is 37.3 Å². The van der Waals surface area contributed by atoms with Crippen LogP contribution in [0.2, 0.25) is 0 Å². The number of carbonyl (C=O) groups is 1. The maximum atomic E-state index is 12.0. The molecule has 4 heteroatoms. The first kappa shape index (κ1) is 18.6. The Kier molecular flexibility index (Phi) is 8.75. The highest BCUT2D eigenvalue weighted by Crippen LogP contribution is 2.22. The van der Waals surface area contributed by atoms with Crippen molar-refractivity contribution >= 4 is 5.91 Å². The molecule has 2 heterocycles. The van der Waals surface area contributed by atoms with Gasteiger partial charge in [-0.25, -0.2) is 0 Å². The lowest BCUT2D eigenvalue weighted by atomic mass is 9.96. The highest BCUT2D eigenvalue weighted by Gasteiger charge is 2.17. The molecule has 1 fully saturated rings. The van der Waals surface area contributed by atoms with Gasteiger partial charge in [0.2, 0.25) is 5.91 Å². The van der Waals surface area contributed by atoms with Crippen molar-refractivity contribution in [2.24, 2.45) is 0 Å². The van der Waals surface area contributed by atoms with Gasteiger partial charge in [-0.15, -0.1) is 0 Å². The molecule has 0 N–H and O–H groups in total. The van der Waals surface area contributed by atoms with Gasteiger partial charge in [0.05, 0.1) is 13.2 Å². The van der Waals surface area contributed by atoms with Crippen LogP contribution < -0.4 is 0 Å². The molecule has 1 atom stereocenters. The van der Waals surface area contributed by atoms with Crippen LogP contribution in [0.1, 0.15) is 57.2 Å². The van der Waals surface area contributed by atoms with Gasteiger partial charge in [-0.2, -0.15) is 0 Å². The number of morpholine rings is 1. The molecular formula is C18H30N2O2. The molecule has 1 aliphatic heterocycles. The zero-order chi connectivity index (χ0) is 16.4. The van der Waals surface area contributed by atoms with Crippen LogP contribution in [-0.2, 0) is 9.53 Å². The average Bonchev–Trinajstić information content (AvgIpc) is 2.57. The van der Waals surface area contributed by atoms with Gasteiger partial charge in [-0.3, -0.25) is 9.78 Å². The normalized spacial score (nSPS) is 15.7. The Bertz CT molecular complexity index is 442. The SMILES string of the molecule is CC.Cc1cccnc1C(C)CCCC(=O)N1CCOCC1. The number of hydrogen-bond acceptors (Lipinski definition) is 3. The molecule has 1 aromatic heterocycles. The summed E-state index contributed by atoms with van der Waals surface area (Å²) in [6, 6.07) is 4.06. The molecule has 124 valence electrons. The van der Waals surface area contributed by atoms with Crippen molar-refractivity contribution in [2.45, 2.75) is 52.9 Å². The molecule has 4 nitrogen and oxygen atoms in total. The minimum absolute atomic E-state index is 0.262. The first-order valence-corrected chi connectivity index (χ1v) is 8.45. The van der Waals surface area contributed by atoms with Gasteiger partial charge in [0.25, 0.3) is 0 Å². The van der Waals surface area contributed by atoms with E-state index in [1.807, 2.05) is 31.0 Å². The summed E-state index contributed by atoms with van der Waals surface area (Å²) in [6.45, 7) is 11.1. The molecule has 0 aromatic carbocycles. The lowest BCUT2D eigenvalue weighted by Gasteiger charge is -2.27. The van der Waals surface area contributed by atoms with Gasteiger partial charge in [0, 0.05) is 31.4 Å². The van der Waals surface area contributed by atoms with Crippen molar-refractivity contribution in [1.82, 2.24) is 9.88 Å². The number of aryl methyl sites for hydroxylation is 1. The Morgan fingerprint density at radius 2 is 2.05 bits per heavy atom. The summed E-state index contributed by atoms with van der Waals surface area (Å²) in [5, 5.41) is 0. The smallest absolute Gasteiger partial charge is 0.222 e. The zero-order valence-electron chi connectivity index (χ0n) is 14.5. The molecule has 1 aliphatic rings. The summed E-state index contributed by atoms with van der Waals surface area (Å²) >= 11 is 0. The third-order valence-electron chi connectivity index (χ3n) is 3.91.